The number of aromatic amines is 1. The first kappa shape index (κ1) is 26.7. The Labute approximate surface area is 202 Å². The molecule has 1 aliphatic heterocycles. The van der Waals surface area contributed by atoms with Crippen molar-refractivity contribution < 1.29 is 18.3 Å². The molecule has 0 radical (unpaired) electrons. The number of para-hydroxylation sites is 1. The Morgan fingerprint density at radius 2 is 2.06 bits per heavy atom. The number of hydrogen-bond acceptors (Lipinski definition) is 7. The number of aryl methyl sites for hydroxylation is 1. The van der Waals surface area contributed by atoms with Gasteiger partial charge in [0.15, 0.2) is 0 Å². The normalized spacial score (nSPS) is 21.3. The second kappa shape index (κ2) is 12.7. The summed E-state index contributed by atoms with van der Waals surface area (Å²) in [6.07, 6.45) is 3.92. The molecule has 1 aliphatic rings. The van der Waals surface area contributed by atoms with Crippen molar-refractivity contribution in [3.05, 3.63) is 73.4 Å². The summed E-state index contributed by atoms with van der Waals surface area (Å²) >= 11 is 0. The molecule has 3 rings (SSSR count). The maximum absolute atomic E-state index is 13.5. The molecule has 1 fully saturated rings. The Hall–Kier alpha value is -2.88. The van der Waals surface area contributed by atoms with Gasteiger partial charge in [-0.15, -0.1) is 0 Å². The molecule has 190 valence electrons. The fraction of sp³-hybridized carbons (Fsp3) is 0.545. The molecule has 1 aromatic heterocycles. The average molecular weight is 507 g/mol. The predicted molar refractivity (Wildman–Crippen MR) is 130 cm³/mol. The number of hydrogen-bond donors (Lipinski definition) is 2. The molecule has 1 aromatic carbocycles. The maximum Gasteiger partial charge on any atom is 0.458 e. The Balaban J connectivity index is 1.73. The van der Waals surface area contributed by atoms with E-state index >= 15 is 0 Å². The molecule has 0 amide bonds. The molecular formula is C22H31N6O6P. The standard InChI is InChI=1S/C22H31N6O6P/c1-3-4-5-9-12-24-35(31,34-17-10-7-6-8-11-17)32-15-19-18(26-27-23)13-20(33-19)28-14-16(2)21(29)25-22(28)30/h6-8,10-11,14,18-20H,3-5,9,12-13,15H2,1-2H3,(H,24,31)(H,25,29,30)/t18-,19+,20+,35?/m0/s1. The number of nitrogens with one attached hydrogen (secondary N) is 2. The van der Waals surface area contributed by atoms with Gasteiger partial charge in [-0.25, -0.2) is 14.4 Å². The lowest BCUT2D eigenvalue weighted by molar-refractivity contribution is -0.0240. The zero-order valence-electron chi connectivity index (χ0n) is 19.8. The van der Waals surface area contributed by atoms with Gasteiger partial charge in [0.2, 0.25) is 0 Å². The van der Waals surface area contributed by atoms with E-state index in [-0.39, 0.29) is 13.0 Å². The quantitative estimate of drug-likeness (QED) is 0.135. The SMILES string of the molecule is CCCCCCNP(=O)(OC[C@H]1O[C@@H](n2cc(C)c(=O)[nH]c2=O)C[C@@H]1N=[N+]=[N-])Oc1ccccc1. The smallest absolute Gasteiger partial charge is 0.413 e. The van der Waals surface area contributed by atoms with Crippen LogP contribution in [-0.4, -0.2) is 34.8 Å². The van der Waals surface area contributed by atoms with Gasteiger partial charge in [-0.05, 0) is 31.0 Å². The van der Waals surface area contributed by atoms with Crippen molar-refractivity contribution >= 4 is 7.75 Å². The first-order valence-corrected chi connectivity index (χ1v) is 13.2. The van der Waals surface area contributed by atoms with Crippen LogP contribution in [0, 0.1) is 6.92 Å². The zero-order chi connectivity index (χ0) is 25.3. The van der Waals surface area contributed by atoms with Gasteiger partial charge in [0, 0.05) is 29.6 Å². The number of rotatable bonds is 13. The monoisotopic (exact) mass is 506 g/mol. The number of ether oxygens (including phenoxy) is 1. The van der Waals surface area contributed by atoms with E-state index in [1.807, 2.05) is 6.07 Å². The molecule has 0 spiro atoms. The fourth-order valence-corrected chi connectivity index (χ4v) is 5.07. The molecule has 0 bridgehead atoms. The van der Waals surface area contributed by atoms with Crippen molar-refractivity contribution in [2.75, 3.05) is 13.2 Å². The summed E-state index contributed by atoms with van der Waals surface area (Å²) in [5.74, 6) is 0.379. The third-order valence-corrected chi connectivity index (χ3v) is 7.12. The summed E-state index contributed by atoms with van der Waals surface area (Å²) in [5, 5.41) is 6.67. The number of nitrogens with zero attached hydrogens (tertiary/aromatic N) is 4. The Morgan fingerprint density at radius 3 is 2.77 bits per heavy atom. The van der Waals surface area contributed by atoms with E-state index in [2.05, 4.69) is 27.0 Å². The molecule has 0 saturated carbocycles. The van der Waals surface area contributed by atoms with Crippen LogP contribution >= 0.6 is 7.75 Å². The van der Waals surface area contributed by atoms with E-state index in [1.165, 1.54) is 10.8 Å². The van der Waals surface area contributed by atoms with E-state index < -0.39 is 37.4 Å². The second-order valence-electron chi connectivity index (χ2n) is 8.28. The third kappa shape index (κ3) is 7.55. The van der Waals surface area contributed by atoms with E-state index in [9.17, 15) is 14.2 Å². The summed E-state index contributed by atoms with van der Waals surface area (Å²) in [6, 6.07) is 7.99. The molecule has 0 aliphatic carbocycles. The lowest BCUT2D eigenvalue weighted by Gasteiger charge is -2.23. The molecule has 1 unspecified atom stereocenters. The number of unbranched alkanes of at least 4 members (excludes halogenated alkanes) is 3. The van der Waals surface area contributed by atoms with Gasteiger partial charge in [0.25, 0.3) is 5.56 Å². The van der Waals surface area contributed by atoms with Crippen molar-refractivity contribution in [2.45, 2.75) is 64.3 Å². The van der Waals surface area contributed by atoms with Gasteiger partial charge >= 0.3 is 13.4 Å². The predicted octanol–water partition coefficient (Wildman–Crippen LogP) is 4.19. The van der Waals surface area contributed by atoms with Gasteiger partial charge in [0.05, 0.1) is 18.8 Å². The van der Waals surface area contributed by atoms with Crippen molar-refractivity contribution in [3.8, 4) is 5.75 Å². The van der Waals surface area contributed by atoms with Crippen LogP contribution in [0.5, 0.6) is 5.75 Å². The molecule has 4 atom stereocenters. The minimum absolute atomic E-state index is 0.178. The Morgan fingerprint density at radius 1 is 1.29 bits per heavy atom. The summed E-state index contributed by atoms with van der Waals surface area (Å²) in [7, 11) is -3.78. The van der Waals surface area contributed by atoms with Crippen LogP contribution in [0.25, 0.3) is 10.4 Å². The van der Waals surface area contributed by atoms with Gasteiger partial charge in [-0.1, -0.05) is 49.5 Å². The van der Waals surface area contributed by atoms with Crippen LogP contribution in [0.3, 0.4) is 0 Å². The summed E-state index contributed by atoms with van der Waals surface area (Å²) < 4.78 is 32.1. The van der Waals surface area contributed by atoms with Crippen molar-refractivity contribution in [1.82, 2.24) is 14.6 Å². The summed E-state index contributed by atoms with van der Waals surface area (Å²) in [4.78, 5) is 29.1. The van der Waals surface area contributed by atoms with Crippen molar-refractivity contribution in [2.24, 2.45) is 5.11 Å². The van der Waals surface area contributed by atoms with Gasteiger partial charge in [-0.3, -0.25) is 18.9 Å². The molecule has 1 saturated heterocycles. The largest absolute Gasteiger partial charge is 0.458 e. The highest BCUT2D eigenvalue weighted by Gasteiger charge is 2.39. The topological polar surface area (TPSA) is 160 Å². The molecular weight excluding hydrogens is 475 g/mol. The van der Waals surface area contributed by atoms with E-state index in [0.717, 1.165) is 25.7 Å². The molecule has 12 nitrogen and oxygen atoms in total. The highest BCUT2D eigenvalue weighted by atomic mass is 31.2. The van der Waals surface area contributed by atoms with Gasteiger partial charge in [0.1, 0.15) is 12.0 Å². The highest BCUT2D eigenvalue weighted by Crippen LogP contribution is 2.45. The average Bonchev–Trinajstić information content (AvgIpc) is 3.23. The van der Waals surface area contributed by atoms with Crippen LogP contribution in [0.4, 0.5) is 0 Å². The number of aromatic nitrogens is 2. The van der Waals surface area contributed by atoms with Crippen LogP contribution in [0.2, 0.25) is 0 Å². The van der Waals surface area contributed by atoms with Crippen molar-refractivity contribution in [3.63, 3.8) is 0 Å². The summed E-state index contributed by atoms with van der Waals surface area (Å²) in [6.45, 7) is 3.91. The second-order valence-corrected chi connectivity index (χ2v) is 10.0. The minimum atomic E-state index is -3.78. The highest BCUT2D eigenvalue weighted by molar-refractivity contribution is 7.52. The molecule has 2 N–H and O–H groups in total. The summed E-state index contributed by atoms with van der Waals surface area (Å²) in [5.41, 5.74) is 8.21. The van der Waals surface area contributed by atoms with Crippen LogP contribution < -0.4 is 20.9 Å². The van der Waals surface area contributed by atoms with E-state index in [4.69, 9.17) is 19.3 Å². The van der Waals surface area contributed by atoms with Crippen LogP contribution in [0.15, 0.2) is 51.2 Å². The molecule has 2 heterocycles. The zero-order valence-corrected chi connectivity index (χ0v) is 20.7. The van der Waals surface area contributed by atoms with Crippen LogP contribution in [0.1, 0.15) is 50.8 Å². The molecule has 35 heavy (non-hydrogen) atoms. The van der Waals surface area contributed by atoms with Crippen LogP contribution in [-0.2, 0) is 13.8 Å². The third-order valence-electron chi connectivity index (χ3n) is 5.57. The lowest BCUT2D eigenvalue weighted by atomic mass is 10.1. The Kier molecular flexibility index (Phi) is 9.71. The number of azide groups is 1. The van der Waals surface area contributed by atoms with E-state index in [0.29, 0.717) is 17.9 Å². The van der Waals surface area contributed by atoms with Crippen molar-refractivity contribution in [1.29, 1.82) is 0 Å². The maximum atomic E-state index is 13.5. The number of benzene rings is 1. The van der Waals surface area contributed by atoms with Gasteiger partial charge in [-0.2, -0.15) is 0 Å². The first-order valence-electron chi connectivity index (χ1n) is 11.6. The van der Waals surface area contributed by atoms with E-state index in [1.54, 1.807) is 31.2 Å². The Bertz CT molecular complexity index is 1180. The molecule has 13 heteroatoms. The fourth-order valence-electron chi connectivity index (χ4n) is 3.69. The van der Waals surface area contributed by atoms with Gasteiger partial charge < -0.3 is 9.26 Å². The molecule has 2 aromatic rings. The minimum Gasteiger partial charge on any atom is -0.413 e. The first-order chi connectivity index (χ1) is 16.8. The lowest BCUT2D eigenvalue weighted by Crippen LogP contribution is -2.33. The number of H-pyrrole nitrogens is 1.